The van der Waals surface area contributed by atoms with Crippen LogP contribution in [-0.2, 0) is 22.6 Å². The molecule has 4 rings (SSSR count). The average Bonchev–Trinajstić information content (AvgIpc) is 2.82. The fourth-order valence-corrected chi connectivity index (χ4v) is 3.66. The van der Waals surface area contributed by atoms with Gasteiger partial charge in [-0.05, 0) is 47.9 Å². The number of urea groups is 1. The number of hydrogen-bond donors (Lipinski definition) is 1. The molecule has 0 unspecified atom stereocenters. The minimum absolute atomic E-state index is 0.150. The van der Waals surface area contributed by atoms with Crippen molar-refractivity contribution < 1.29 is 19.1 Å². The highest BCUT2D eigenvalue weighted by atomic mass is 35.5. The van der Waals surface area contributed by atoms with E-state index in [4.69, 9.17) is 16.3 Å². The number of amides is 4. The van der Waals surface area contributed by atoms with Crippen molar-refractivity contribution in [3.63, 3.8) is 0 Å². The normalized spacial score (nSPS) is 15.0. The first kappa shape index (κ1) is 22.3. The second-order valence-corrected chi connectivity index (χ2v) is 7.83. The number of aryl methyl sites for hydroxylation is 1. The van der Waals surface area contributed by atoms with Gasteiger partial charge in [0.25, 0.3) is 11.8 Å². The van der Waals surface area contributed by atoms with E-state index in [-0.39, 0.29) is 12.2 Å². The summed E-state index contributed by atoms with van der Waals surface area (Å²) in [5, 5.41) is 2.90. The third-order valence-corrected chi connectivity index (χ3v) is 5.49. The lowest BCUT2D eigenvalue weighted by Gasteiger charge is -2.28. The van der Waals surface area contributed by atoms with Crippen molar-refractivity contribution in [1.82, 2.24) is 5.32 Å². The Hall–Kier alpha value is -3.90. The Morgan fingerprint density at radius 2 is 1.64 bits per heavy atom. The van der Waals surface area contributed by atoms with Crippen LogP contribution in [0.2, 0.25) is 5.02 Å². The van der Waals surface area contributed by atoms with E-state index in [1.807, 2.05) is 31.2 Å². The number of nitrogens with zero attached hydrogens (tertiary/aromatic N) is 1. The van der Waals surface area contributed by atoms with Crippen LogP contribution in [0, 0.1) is 0 Å². The first-order valence-electron chi connectivity index (χ1n) is 10.4. The minimum atomic E-state index is -0.768. The molecule has 0 spiro atoms. The quantitative estimate of drug-likeness (QED) is 0.408. The predicted octanol–water partition coefficient (Wildman–Crippen LogP) is 5.15. The molecule has 4 amide bonds. The number of ether oxygens (including phenoxy) is 1. The Kier molecular flexibility index (Phi) is 6.56. The van der Waals surface area contributed by atoms with Gasteiger partial charge in [0.2, 0.25) is 0 Å². The number of imide groups is 2. The summed E-state index contributed by atoms with van der Waals surface area (Å²) in [6, 6.07) is 20.7. The van der Waals surface area contributed by atoms with Crippen LogP contribution in [0.15, 0.2) is 78.4 Å². The van der Waals surface area contributed by atoms with E-state index in [1.54, 1.807) is 48.5 Å². The molecule has 166 valence electrons. The predicted molar refractivity (Wildman–Crippen MR) is 127 cm³/mol. The van der Waals surface area contributed by atoms with Crippen molar-refractivity contribution in [1.29, 1.82) is 0 Å². The van der Waals surface area contributed by atoms with Crippen LogP contribution in [0.1, 0.15) is 23.6 Å². The SMILES string of the molecule is CCc1ccccc1N1C(=O)NC(=O)/C(=C/c2ccccc2OCc2ccc(Cl)cc2)C1=O. The van der Waals surface area contributed by atoms with Gasteiger partial charge in [-0.2, -0.15) is 0 Å². The van der Waals surface area contributed by atoms with Crippen LogP contribution in [0.3, 0.4) is 0 Å². The summed E-state index contributed by atoms with van der Waals surface area (Å²) in [5.74, 6) is -0.933. The molecule has 1 N–H and O–H groups in total. The number of benzene rings is 3. The lowest BCUT2D eigenvalue weighted by molar-refractivity contribution is -0.122. The summed E-state index contributed by atoms with van der Waals surface area (Å²) in [7, 11) is 0. The van der Waals surface area contributed by atoms with Gasteiger partial charge in [0.1, 0.15) is 17.9 Å². The van der Waals surface area contributed by atoms with Gasteiger partial charge in [-0.15, -0.1) is 0 Å². The standard InChI is InChI=1S/C26H21ClN2O4/c1-2-18-7-3-5-9-22(18)29-25(31)21(24(30)28-26(29)32)15-19-8-4-6-10-23(19)33-16-17-11-13-20(27)14-12-17/h3-15H,2,16H2,1H3,(H,28,30,32)/b21-15-. The van der Waals surface area contributed by atoms with Gasteiger partial charge in [-0.1, -0.05) is 67.1 Å². The van der Waals surface area contributed by atoms with Crippen molar-refractivity contribution in [3.8, 4) is 5.75 Å². The second kappa shape index (κ2) is 9.71. The minimum Gasteiger partial charge on any atom is -0.488 e. The van der Waals surface area contributed by atoms with Crippen LogP contribution in [-0.4, -0.2) is 17.8 Å². The zero-order valence-electron chi connectivity index (χ0n) is 17.9. The second-order valence-electron chi connectivity index (χ2n) is 7.39. The van der Waals surface area contributed by atoms with Crippen molar-refractivity contribution in [2.45, 2.75) is 20.0 Å². The highest BCUT2D eigenvalue weighted by molar-refractivity contribution is 6.39. The van der Waals surface area contributed by atoms with Crippen LogP contribution in [0.5, 0.6) is 5.75 Å². The zero-order valence-corrected chi connectivity index (χ0v) is 18.6. The molecular weight excluding hydrogens is 440 g/mol. The summed E-state index contributed by atoms with van der Waals surface area (Å²) in [6.07, 6.45) is 2.07. The Morgan fingerprint density at radius 3 is 2.39 bits per heavy atom. The van der Waals surface area contributed by atoms with E-state index in [0.717, 1.165) is 16.0 Å². The zero-order chi connectivity index (χ0) is 23.4. The van der Waals surface area contributed by atoms with Crippen LogP contribution < -0.4 is 15.0 Å². The number of carbonyl (C=O) groups is 3. The van der Waals surface area contributed by atoms with E-state index in [1.165, 1.54) is 6.08 Å². The highest BCUT2D eigenvalue weighted by Gasteiger charge is 2.37. The number of barbiturate groups is 1. The average molecular weight is 461 g/mol. The number of nitrogens with one attached hydrogen (secondary N) is 1. The Bertz CT molecular complexity index is 1250. The molecule has 0 saturated carbocycles. The molecule has 1 saturated heterocycles. The van der Waals surface area contributed by atoms with Crippen molar-refractivity contribution >= 4 is 41.2 Å². The van der Waals surface area contributed by atoms with E-state index in [2.05, 4.69) is 5.32 Å². The number of para-hydroxylation sites is 2. The lowest BCUT2D eigenvalue weighted by atomic mass is 10.0. The fourth-order valence-electron chi connectivity index (χ4n) is 3.53. The van der Waals surface area contributed by atoms with Gasteiger partial charge in [-0.25, -0.2) is 9.69 Å². The van der Waals surface area contributed by atoms with Gasteiger partial charge in [0.05, 0.1) is 5.69 Å². The van der Waals surface area contributed by atoms with E-state index < -0.39 is 17.8 Å². The first-order valence-corrected chi connectivity index (χ1v) is 10.8. The topological polar surface area (TPSA) is 75.7 Å². The molecule has 33 heavy (non-hydrogen) atoms. The number of carbonyl (C=O) groups excluding carboxylic acids is 3. The van der Waals surface area contributed by atoms with Gasteiger partial charge < -0.3 is 4.74 Å². The highest BCUT2D eigenvalue weighted by Crippen LogP contribution is 2.28. The van der Waals surface area contributed by atoms with E-state index in [9.17, 15) is 14.4 Å². The summed E-state index contributed by atoms with van der Waals surface area (Å²) in [5.41, 5.74) is 2.59. The maximum Gasteiger partial charge on any atom is 0.335 e. The molecule has 1 aliphatic rings. The van der Waals surface area contributed by atoms with Gasteiger partial charge in [0.15, 0.2) is 0 Å². The van der Waals surface area contributed by atoms with Crippen LogP contribution >= 0.6 is 11.6 Å². The lowest BCUT2D eigenvalue weighted by Crippen LogP contribution is -2.54. The molecule has 1 fully saturated rings. The molecule has 3 aromatic rings. The Balaban J connectivity index is 1.65. The summed E-state index contributed by atoms with van der Waals surface area (Å²) in [6.45, 7) is 2.22. The first-order chi connectivity index (χ1) is 16.0. The molecule has 0 aliphatic carbocycles. The molecule has 0 bridgehead atoms. The summed E-state index contributed by atoms with van der Waals surface area (Å²) >= 11 is 5.93. The summed E-state index contributed by atoms with van der Waals surface area (Å²) in [4.78, 5) is 39.4. The number of anilines is 1. The van der Waals surface area contributed by atoms with Gasteiger partial charge >= 0.3 is 6.03 Å². The third-order valence-electron chi connectivity index (χ3n) is 5.24. The molecule has 7 heteroatoms. The van der Waals surface area contributed by atoms with Crippen molar-refractivity contribution in [2.75, 3.05) is 4.90 Å². The van der Waals surface area contributed by atoms with Gasteiger partial charge in [0, 0.05) is 10.6 Å². The van der Waals surface area contributed by atoms with E-state index >= 15 is 0 Å². The number of halogens is 1. The van der Waals surface area contributed by atoms with E-state index in [0.29, 0.717) is 28.4 Å². The third kappa shape index (κ3) is 4.81. The molecule has 3 aromatic carbocycles. The molecule has 0 aromatic heterocycles. The molecule has 6 nitrogen and oxygen atoms in total. The molecule has 0 atom stereocenters. The molecule has 1 heterocycles. The maximum atomic E-state index is 13.3. The van der Waals surface area contributed by atoms with Crippen molar-refractivity contribution in [2.24, 2.45) is 0 Å². The van der Waals surface area contributed by atoms with Crippen LogP contribution in [0.4, 0.5) is 10.5 Å². The largest absolute Gasteiger partial charge is 0.488 e. The fraction of sp³-hybridized carbons (Fsp3) is 0.115. The summed E-state index contributed by atoms with van der Waals surface area (Å²) < 4.78 is 5.93. The molecule has 1 aliphatic heterocycles. The molecule has 0 radical (unpaired) electrons. The van der Waals surface area contributed by atoms with Crippen molar-refractivity contribution in [3.05, 3.63) is 100 Å². The Morgan fingerprint density at radius 1 is 0.939 bits per heavy atom. The Labute approximate surface area is 196 Å². The van der Waals surface area contributed by atoms with Gasteiger partial charge in [-0.3, -0.25) is 14.9 Å². The smallest absolute Gasteiger partial charge is 0.335 e. The maximum absolute atomic E-state index is 13.3. The van der Waals surface area contributed by atoms with Crippen LogP contribution in [0.25, 0.3) is 6.08 Å². The number of rotatable bonds is 6. The number of hydrogen-bond acceptors (Lipinski definition) is 4. The monoisotopic (exact) mass is 460 g/mol. The molecular formula is C26H21ClN2O4.